The second-order valence-corrected chi connectivity index (χ2v) is 13.6. The van der Waals surface area contributed by atoms with E-state index in [4.69, 9.17) is 9.47 Å². The number of ether oxygens (including phenoxy) is 2. The van der Waals surface area contributed by atoms with Crippen LogP contribution < -0.4 is 19.7 Å². The standard InChI is InChI=1S/C35H44FN7O3.2ClH/c1-4-43(23(2)3)34(44)27-15-24(36)5-6-30(27)46-32-18-37-22-40-33(32)42-20-35(21-42)16-26(17-35)45-31-8-12-39-29-10-14-41(19-28(29)31)13-9-25-7-11-38-25;;/h5-6,8,12,15,18,22-23,25-26,38H,4,7,9-11,13-14,16-17,19-21H2,1-3H3;2*1H/t25-;;/m0../s1. The molecule has 1 spiro atoms. The van der Waals surface area contributed by atoms with Gasteiger partial charge in [-0.1, -0.05) is 0 Å². The fourth-order valence-electron chi connectivity index (χ4n) is 7.44. The van der Waals surface area contributed by atoms with Crippen LogP contribution in [0.4, 0.5) is 10.2 Å². The summed E-state index contributed by atoms with van der Waals surface area (Å²) in [4.78, 5) is 33.2. The van der Waals surface area contributed by atoms with Gasteiger partial charge in [0.15, 0.2) is 11.6 Å². The second-order valence-electron chi connectivity index (χ2n) is 13.6. The first-order valence-electron chi connectivity index (χ1n) is 16.7. The number of benzene rings is 1. The van der Waals surface area contributed by atoms with E-state index in [-0.39, 0.29) is 59.6 Å². The second kappa shape index (κ2) is 15.1. The molecule has 0 radical (unpaired) electrons. The van der Waals surface area contributed by atoms with Crippen LogP contribution in [0.2, 0.25) is 0 Å². The Balaban J connectivity index is 0.00000225. The molecule has 2 aromatic heterocycles. The molecule has 0 bridgehead atoms. The van der Waals surface area contributed by atoms with Crippen LogP contribution >= 0.6 is 24.8 Å². The fourth-order valence-corrected chi connectivity index (χ4v) is 7.44. The van der Waals surface area contributed by atoms with E-state index in [1.807, 2.05) is 33.0 Å². The molecule has 3 aromatic rings. The Morgan fingerprint density at radius 1 is 1.15 bits per heavy atom. The molecule has 4 aliphatic rings. The number of fused-ring (bicyclic) bond motifs is 1. The monoisotopic (exact) mass is 701 g/mol. The summed E-state index contributed by atoms with van der Waals surface area (Å²) in [7, 11) is 0. The van der Waals surface area contributed by atoms with Crippen LogP contribution in [0.15, 0.2) is 43.0 Å². The summed E-state index contributed by atoms with van der Waals surface area (Å²) < 4.78 is 27.1. The van der Waals surface area contributed by atoms with Crippen molar-refractivity contribution in [3.8, 4) is 17.2 Å². The number of carbonyl (C=O) groups is 1. The minimum absolute atomic E-state index is 0. The lowest BCUT2D eigenvalue weighted by Crippen LogP contribution is -2.65. The summed E-state index contributed by atoms with van der Waals surface area (Å²) in [6.07, 6.45) is 10.6. The highest BCUT2D eigenvalue weighted by atomic mass is 35.5. The van der Waals surface area contributed by atoms with E-state index in [0.717, 1.165) is 64.3 Å². The van der Waals surface area contributed by atoms with E-state index in [1.54, 1.807) is 11.1 Å². The van der Waals surface area contributed by atoms with Crippen LogP contribution in [0.1, 0.15) is 68.1 Å². The third-order valence-electron chi connectivity index (χ3n) is 10.1. The zero-order valence-electron chi connectivity index (χ0n) is 27.9. The van der Waals surface area contributed by atoms with Gasteiger partial charge < -0.3 is 24.6 Å². The smallest absolute Gasteiger partial charge is 0.257 e. The van der Waals surface area contributed by atoms with Gasteiger partial charge in [0.1, 0.15) is 29.7 Å². The molecular weight excluding hydrogens is 656 g/mol. The number of nitrogens with zero attached hydrogens (tertiary/aromatic N) is 6. The van der Waals surface area contributed by atoms with Gasteiger partial charge in [-0.15, -0.1) is 24.8 Å². The molecule has 1 N–H and O–H groups in total. The van der Waals surface area contributed by atoms with Crippen LogP contribution in [0.3, 0.4) is 0 Å². The van der Waals surface area contributed by atoms with Crippen molar-refractivity contribution in [3.05, 3.63) is 65.6 Å². The van der Waals surface area contributed by atoms with Crippen LogP contribution in [-0.2, 0) is 13.0 Å². The average Bonchev–Trinajstić information content (AvgIpc) is 2.98. The van der Waals surface area contributed by atoms with Crippen molar-refractivity contribution < 1.29 is 18.7 Å². The molecular formula is C35H46Cl2FN7O3. The molecule has 260 valence electrons. The van der Waals surface area contributed by atoms with Gasteiger partial charge in [-0.2, -0.15) is 0 Å². The molecule has 3 fully saturated rings. The quantitative estimate of drug-likeness (QED) is 0.271. The van der Waals surface area contributed by atoms with Gasteiger partial charge in [-0.3, -0.25) is 14.7 Å². The zero-order valence-corrected chi connectivity index (χ0v) is 29.5. The average molecular weight is 703 g/mol. The van der Waals surface area contributed by atoms with Gasteiger partial charge in [0.25, 0.3) is 5.91 Å². The first kappa shape index (κ1) is 36.0. The van der Waals surface area contributed by atoms with Crippen molar-refractivity contribution in [1.29, 1.82) is 0 Å². The molecule has 0 unspecified atom stereocenters. The number of halogens is 3. The van der Waals surface area contributed by atoms with Gasteiger partial charge in [0, 0.05) is 74.1 Å². The van der Waals surface area contributed by atoms with Crippen molar-refractivity contribution in [1.82, 2.24) is 30.1 Å². The van der Waals surface area contributed by atoms with E-state index >= 15 is 0 Å². The van der Waals surface area contributed by atoms with Crippen molar-refractivity contribution in [3.63, 3.8) is 0 Å². The van der Waals surface area contributed by atoms with E-state index in [2.05, 4.69) is 30.1 Å². The lowest BCUT2D eigenvalue weighted by atomic mass is 9.61. The first-order valence-corrected chi connectivity index (χ1v) is 16.7. The lowest BCUT2D eigenvalue weighted by Gasteiger charge is -2.59. The van der Waals surface area contributed by atoms with Crippen LogP contribution in [0.5, 0.6) is 17.2 Å². The molecule has 10 nitrogen and oxygen atoms in total. The molecule has 1 aliphatic carbocycles. The maximum Gasteiger partial charge on any atom is 0.257 e. The largest absolute Gasteiger partial charge is 0.490 e. The van der Waals surface area contributed by atoms with Gasteiger partial charge in [-0.25, -0.2) is 14.4 Å². The Hall–Kier alpha value is -3.25. The summed E-state index contributed by atoms with van der Waals surface area (Å²) in [6.45, 7) is 12.2. The third kappa shape index (κ3) is 7.34. The maximum atomic E-state index is 14.3. The number of hydrogen-bond donors (Lipinski definition) is 1. The number of anilines is 1. The molecule has 3 aliphatic heterocycles. The number of amides is 1. The number of aromatic nitrogens is 3. The summed E-state index contributed by atoms with van der Waals surface area (Å²) in [5.41, 5.74) is 2.79. The van der Waals surface area contributed by atoms with E-state index in [1.165, 1.54) is 48.6 Å². The normalized spacial score (nSPS) is 19.6. The Bertz CT molecular complexity index is 1580. The topological polar surface area (TPSA) is 96.0 Å². The summed E-state index contributed by atoms with van der Waals surface area (Å²) >= 11 is 0. The minimum Gasteiger partial charge on any atom is -0.490 e. The van der Waals surface area contributed by atoms with E-state index < -0.39 is 5.82 Å². The number of rotatable bonds is 11. The van der Waals surface area contributed by atoms with E-state index in [0.29, 0.717) is 24.2 Å². The van der Waals surface area contributed by atoms with Crippen molar-refractivity contribution in [2.24, 2.45) is 5.41 Å². The molecule has 2 saturated heterocycles. The summed E-state index contributed by atoms with van der Waals surface area (Å²) in [5.74, 6) is 1.62. The Morgan fingerprint density at radius 2 is 1.94 bits per heavy atom. The fraction of sp³-hybridized carbons (Fsp3) is 0.543. The first-order chi connectivity index (χ1) is 22.3. The number of pyridine rings is 1. The lowest BCUT2D eigenvalue weighted by molar-refractivity contribution is -0.0352. The van der Waals surface area contributed by atoms with Crippen LogP contribution in [0, 0.1) is 11.2 Å². The number of carbonyl (C=O) groups excluding carboxylic acids is 1. The van der Waals surface area contributed by atoms with Crippen molar-refractivity contribution >= 4 is 36.5 Å². The molecule has 7 rings (SSSR count). The Labute approximate surface area is 294 Å². The summed E-state index contributed by atoms with van der Waals surface area (Å²) in [5, 5.41) is 3.51. The molecule has 13 heteroatoms. The van der Waals surface area contributed by atoms with Gasteiger partial charge in [-0.05, 0) is 83.8 Å². The molecule has 1 amide bonds. The highest BCUT2D eigenvalue weighted by molar-refractivity contribution is 5.97. The zero-order chi connectivity index (χ0) is 31.8. The van der Waals surface area contributed by atoms with Gasteiger partial charge in [0.05, 0.1) is 11.8 Å². The predicted octanol–water partition coefficient (Wildman–Crippen LogP) is 5.68. The number of hydrogen-bond acceptors (Lipinski definition) is 9. The predicted molar refractivity (Wildman–Crippen MR) is 187 cm³/mol. The Kier molecular flexibility index (Phi) is 11.3. The third-order valence-corrected chi connectivity index (χ3v) is 10.1. The SMILES string of the molecule is CCN(C(=O)c1cc(F)ccc1Oc1cncnc1N1CC2(CC(Oc3ccnc4c3CN(CC[C@@H]3CCN3)CC4)C2)C1)C(C)C.Cl.Cl. The molecule has 48 heavy (non-hydrogen) atoms. The minimum atomic E-state index is -0.488. The Morgan fingerprint density at radius 3 is 2.65 bits per heavy atom. The van der Waals surface area contributed by atoms with Crippen LogP contribution in [0.25, 0.3) is 0 Å². The molecule has 1 saturated carbocycles. The van der Waals surface area contributed by atoms with Gasteiger partial charge >= 0.3 is 0 Å². The highest BCUT2D eigenvalue weighted by Gasteiger charge is 2.54. The summed E-state index contributed by atoms with van der Waals surface area (Å²) in [6, 6.07) is 6.72. The highest BCUT2D eigenvalue weighted by Crippen LogP contribution is 2.52. The van der Waals surface area contributed by atoms with Crippen molar-refractivity contribution in [2.45, 2.75) is 77.6 Å². The molecule has 1 atom stereocenters. The van der Waals surface area contributed by atoms with E-state index in [9.17, 15) is 9.18 Å². The van der Waals surface area contributed by atoms with Crippen molar-refractivity contribution in [2.75, 3.05) is 44.2 Å². The van der Waals surface area contributed by atoms with Gasteiger partial charge in [0.2, 0.25) is 0 Å². The molecule has 1 aromatic carbocycles. The number of nitrogens with one attached hydrogen (secondary N) is 1. The molecule has 5 heterocycles. The van der Waals surface area contributed by atoms with Crippen LogP contribution in [-0.4, -0.2) is 88.1 Å². The maximum absolute atomic E-state index is 14.3.